The molecule has 0 atom stereocenters. The Labute approximate surface area is 62.5 Å². The average molecular weight is 162 g/mol. The van der Waals surface area contributed by atoms with E-state index in [0.29, 0.717) is 0 Å². The molecule has 0 aliphatic rings. The van der Waals surface area contributed by atoms with Gasteiger partial charge in [-0.3, -0.25) is 0 Å². The molecule has 0 fully saturated rings. The van der Waals surface area contributed by atoms with E-state index in [2.05, 4.69) is 20.0 Å². The minimum absolute atomic E-state index is 0.926. The van der Waals surface area contributed by atoms with Crippen LogP contribution in [0.5, 0.6) is 0 Å². The normalized spacial score (nSPS) is 12.3. The molecule has 0 unspecified atom stereocenters. The van der Waals surface area contributed by atoms with Gasteiger partial charge in [0.05, 0.1) is 0 Å². The van der Waals surface area contributed by atoms with Gasteiger partial charge in [-0.25, -0.2) is 0 Å². The van der Waals surface area contributed by atoms with E-state index in [0.717, 1.165) is 10.5 Å². The van der Waals surface area contributed by atoms with E-state index < -0.39 is 8.32 Å². The van der Waals surface area contributed by atoms with Crippen LogP contribution in [0.15, 0.2) is 0 Å². The minimum atomic E-state index is -1.14. The highest BCUT2D eigenvalue weighted by atomic mass is 28.4. The van der Waals surface area contributed by atoms with Crippen molar-refractivity contribution >= 4 is 18.8 Å². The molecule has 0 aliphatic heterocycles. The Morgan fingerprint density at radius 1 is 1.44 bits per heavy atom. The molecule has 0 radical (unpaired) electrons. The van der Waals surface area contributed by atoms with Crippen molar-refractivity contribution in [1.82, 2.24) is 0 Å². The van der Waals surface area contributed by atoms with E-state index in [9.17, 15) is 0 Å². The van der Waals surface area contributed by atoms with Gasteiger partial charge in [-0.15, -0.1) is 0 Å². The summed E-state index contributed by atoms with van der Waals surface area (Å²) in [7, 11) is -0.211. The first kappa shape index (κ1) is 9.39. The standard InChI is InChI=1S/C6H18OSi2/c1-4-5-6-9(2,3)7-8/h4-6H2,1-3,8H3. The zero-order chi connectivity index (χ0) is 7.33. The predicted molar refractivity (Wildman–Crippen MR) is 48.2 cm³/mol. The number of hydrogen-bond donors (Lipinski definition) is 0. The van der Waals surface area contributed by atoms with Crippen LogP contribution in [0.3, 0.4) is 0 Å². The summed E-state index contributed by atoms with van der Waals surface area (Å²) in [5.74, 6) is 0. The average Bonchev–Trinajstić information content (AvgIpc) is 1.84. The lowest BCUT2D eigenvalue weighted by atomic mass is 10.4. The van der Waals surface area contributed by atoms with Crippen LogP contribution in [0.1, 0.15) is 19.8 Å². The molecule has 0 N–H and O–H groups in total. The molecule has 0 spiro atoms. The molecule has 0 aliphatic carbocycles. The highest BCUT2D eigenvalue weighted by Gasteiger charge is 2.17. The Balaban J connectivity index is 3.33. The lowest BCUT2D eigenvalue weighted by Gasteiger charge is -2.19. The van der Waals surface area contributed by atoms with Gasteiger partial charge < -0.3 is 4.12 Å². The van der Waals surface area contributed by atoms with Crippen LogP contribution in [-0.2, 0) is 4.12 Å². The summed E-state index contributed by atoms with van der Waals surface area (Å²) in [6.07, 6.45) is 2.66. The van der Waals surface area contributed by atoms with Crippen LogP contribution >= 0.6 is 0 Å². The Kier molecular flexibility index (Phi) is 4.43. The van der Waals surface area contributed by atoms with Crippen LogP contribution in [-0.4, -0.2) is 18.8 Å². The first-order valence-electron chi connectivity index (χ1n) is 3.67. The fourth-order valence-electron chi connectivity index (χ4n) is 0.705. The third kappa shape index (κ3) is 4.87. The van der Waals surface area contributed by atoms with Gasteiger partial charge in [0.15, 0.2) is 8.32 Å². The Morgan fingerprint density at radius 2 is 2.00 bits per heavy atom. The van der Waals surface area contributed by atoms with Crippen molar-refractivity contribution < 1.29 is 4.12 Å². The van der Waals surface area contributed by atoms with Gasteiger partial charge in [0, 0.05) is 0 Å². The van der Waals surface area contributed by atoms with E-state index in [4.69, 9.17) is 4.12 Å². The molecule has 0 aromatic rings. The molecule has 9 heavy (non-hydrogen) atoms. The fourth-order valence-corrected chi connectivity index (χ4v) is 2.73. The molecule has 0 saturated heterocycles. The van der Waals surface area contributed by atoms with Crippen molar-refractivity contribution in [3.8, 4) is 0 Å². The Morgan fingerprint density at radius 3 is 2.33 bits per heavy atom. The fraction of sp³-hybridized carbons (Fsp3) is 1.00. The third-order valence-corrected chi connectivity index (χ3v) is 7.66. The second kappa shape index (κ2) is 4.25. The maximum absolute atomic E-state index is 5.52. The van der Waals surface area contributed by atoms with Crippen molar-refractivity contribution in [2.75, 3.05) is 0 Å². The van der Waals surface area contributed by atoms with E-state index in [1.54, 1.807) is 0 Å². The molecular formula is C6H18OSi2. The molecule has 0 heterocycles. The lowest BCUT2D eigenvalue weighted by Crippen LogP contribution is -2.28. The molecular weight excluding hydrogens is 144 g/mol. The summed E-state index contributed by atoms with van der Waals surface area (Å²) in [5.41, 5.74) is 0. The number of hydrogen-bond acceptors (Lipinski definition) is 1. The van der Waals surface area contributed by atoms with Gasteiger partial charge >= 0.3 is 0 Å². The van der Waals surface area contributed by atoms with E-state index in [-0.39, 0.29) is 0 Å². The Hall–Kier alpha value is 0.394. The van der Waals surface area contributed by atoms with Crippen LogP contribution < -0.4 is 0 Å². The van der Waals surface area contributed by atoms with Gasteiger partial charge in [-0.2, -0.15) is 0 Å². The van der Waals surface area contributed by atoms with E-state index in [1.165, 1.54) is 18.9 Å². The van der Waals surface area contributed by atoms with Crippen LogP contribution in [0, 0.1) is 0 Å². The van der Waals surface area contributed by atoms with Gasteiger partial charge in [0.2, 0.25) is 0 Å². The first-order chi connectivity index (χ1) is 4.12. The second-order valence-electron chi connectivity index (χ2n) is 3.07. The van der Waals surface area contributed by atoms with Crippen molar-refractivity contribution in [1.29, 1.82) is 0 Å². The SMILES string of the molecule is CCCC[Si](C)(C)O[SiH3]. The second-order valence-corrected chi connectivity index (χ2v) is 8.72. The smallest absolute Gasteiger partial charge is 0.172 e. The molecule has 0 amide bonds. The van der Waals surface area contributed by atoms with Gasteiger partial charge in [0.1, 0.15) is 10.5 Å². The van der Waals surface area contributed by atoms with E-state index in [1.807, 2.05) is 0 Å². The molecule has 56 valence electrons. The van der Waals surface area contributed by atoms with Gasteiger partial charge in [-0.05, 0) is 19.1 Å². The monoisotopic (exact) mass is 162 g/mol. The lowest BCUT2D eigenvalue weighted by molar-refractivity contribution is 0.598. The quantitative estimate of drug-likeness (QED) is 0.566. The zero-order valence-corrected chi connectivity index (χ0v) is 10.0. The third-order valence-electron chi connectivity index (χ3n) is 1.68. The summed E-state index contributed by atoms with van der Waals surface area (Å²) < 4.78 is 5.52. The first-order valence-corrected chi connectivity index (χ1v) is 7.60. The van der Waals surface area contributed by atoms with Crippen molar-refractivity contribution in [3.05, 3.63) is 0 Å². The van der Waals surface area contributed by atoms with E-state index >= 15 is 0 Å². The van der Waals surface area contributed by atoms with Gasteiger partial charge in [0.25, 0.3) is 0 Å². The molecule has 0 rings (SSSR count). The van der Waals surface area contributed by atoms with Gasteiger partial charge in [-0.1, -0.05) is 19.8 Å². The molecule has 0 aromatic heterocycles. The summed E-state index contributed by atoms with van der Waals surface area (Å²) in [4.78, 5) is 0. The molecule has 0 bridgehead atoms. The number of rotatable bonds is 4. The summed E-state index contributed by atoms with van der Waals surface area (Å²) >= 11 is 0. The van der Waals surface area contributed by atoms with Crippen molar-refractivity contribution in [2.24, 2.45) is 0 Å². The molecule has 0 saturated carbocycles. The summed E-state index contributed by atoms with van der Waals surface area (Å²) in [5, 5.41) is 0. The van der Waals surface area contributed by atoms with Crippen LogP contribution in [0.25, 0.3) is 0 Å². The minimum Gasteiger partial charge on any atom is -0.463 e. The van der Waals surface area contributed by atoms with Crippen molar-refractivity contribution in [2.45, 2.75) is 38.9 Å². The number of unbranched alkanes of at least 4 members (excludes halogenated alkanes) is 1. The molecule has 1 nitrogen and oxygen atoms in total. The highest BCUT2D eigenvalue weighted by molar-refractivity contribution is 6.73. The predicted octanol–water partition coefficient (Wildman–Crippen LogP) is 1.29. The summed E-state index contributed by atoms with van der Waals surface area (Å²) in [6.45, 7) is 6.84. The van der Waals surface area contributed by atoms with Crippen LogP contribution in [0.2, 0.25) is 19.1 Å². The maximum Gasteiger partial charge on any atom is 0.172 e. The highest BCUT2D eigenvalue weighted by Crippen LogP contribution is 2.12. The zero-order valence-electron chi connectivity index (χ0n) is 7.03. The largest absolute Gasteiger partial charge is 0.463 e. The van der Waals surface area contributed by atoms with Crippen molar-refractivity contribution in [3.63, 3.8) is 0 Å². The maximum atomic E-state index is 5.52. The van der Waals surface area contributed by atoms with Crippen LogP contribution in [0.4, 0.5) is 0 Å². The summed E-state index contributed by atoms with van der Waals surface area (Å²) in [6, 6.07) is 1.34. The molecule has 0 aromatic carbocycles. The topological polar surface area (TPSA) is 9.23 Å². The molecule has 3 heteroatoms. The Bertz CT molecular complexity index is 73.5.